The molecule has 1 aliphatic carbocycles. The van der Waals surface area contributed by atoms with Crippen molar-refractivity contribution in [2.24, 2.45) is 0 Å². The summed E-state index contributed by atoms with van der Waals surface area (Å²) in [5.41, 5.74) is 9.20. The molecule has 9 heteroatoms. The number of hydrogen-bond acceptors (Lipinski definition) is 7. The maximum Gasteiger partial charge on any atom is 0.205 e. The van der Waals surface area contributed by atoms with E-state index in [1.165, 1.54) is 11.1 Å². The molecular formula is C31H33N7O2. The minimum absolute atomic E-state index is 0.186. The molecule has 0 radical (unpaired) electrons. The van der Waals surface area contributed by atoms with Crippen LogP contribution in [0.25, 0.3) is 33.7 Å². The fraction of sp³-hybridized carbons (Fsp3) is 0.387. The second kappa shape index (κ2) is 9.91. The van der Waals surface area contributed by atoms with Gasteiger partial charge in [0.05, 0.1) is 18.2 Å². The number of aliphatic hydroxyl groups is 1. The summed E-state index contributed by atoms with van der Waals surface area (Å²) in [4.78, 5) is 10.2. The van der Waals surface area contributed by atoms with Gasteiger partial charge in [-0.2, -0.15) is 5.21 Å². The van der Waals surface area contributed by atoms with Crippen molar-refractivity contribution in [1.82, 2.24) is 35.2 Å². The van der Waals surface area contributed by atoms with Gasteiger partial charge in [0.1, 0.15) is 11.3 Å². The summed E-state index contributed by atoms with van der Waals surface area (Å²) in [6.45, 7) is 5.32. The Morgan fingerprint density at radius 3 is 2.77 bits per heavy atom. The average molecular weight is 536 g/mol. The Hall–Kier alpha value is -3.95. The third-order valence-electron chi connectivity index (χ3n) is 8.54. The van der Waals surface area contributed by atoms with Crippen LogP contribution in [0.15, 0.2) is 48.5 Å². The lowest BCUT2D eigenvalue weighted by molar-refractivity contribution is 0.0194. The minimum atomic E-state index is -0.746. The van der Waals surface area contributed by atoms with E-state index in [1.807, 2.05) is 18.2 Å². The van der Waals surface area contributed by atoms with E-state index in [1.54, 1.807) is 0 Å². The largest absolute Gasteiger partial charge is 0.387 e. The molecule has 4 heterocycles. The van der Waals surface area contributed by atoms with Crippen LogP contribution in [0.3, 0.4) is 0 Å². The second-order valence-electron chi connectivity index (χ2n) is 11.1. The molecule has 3 aromatic heterocycles. The third kappa shape index (κ3) is 4.30. The highest BCUT2D eigenvalue weighted by Gasteiger charge is 2.32. The molecule has 5 aromatic rings. The van der Waals surface area contributed by atoms with Gasteiger partial charge in [-0.05, 0) is 71.7 Å². The highest BCUT2D eigenvalue weighted by atomic mass is 16.5. The second-order valence-corrected chi connectivity index (χ2v) is 11.1. The molecule has 2 N–H and O–H groups in total. The van der Waals surface area contributed by atoms with Crippen molar-refractivity contribution in [2.45, 2.75) is 64.0 Å². The van der Waals surface area contributed by atoms with Crippen molar-refractivity contribution in [3.8, 4) is 22.5 Å². The van der Waals surface area contributed by atoms with Crippen LogP contribution in [0.1, 0.15) is 60.4 Å². The topological polar surface area (TPSA) is 115 Å². The van der Waals surface area contributed by atoms with Crippen LogP contribution in [-0.4, -0.2) is 59.1 Å². The molecule has 0 saturated carbocycles. The number of fused-ring (bicyclic) bond motifs is 2. The van der Waals surface area contributed by atoms with E-state index in [0.29, 0.717) is 38.3 Å². The van der Waals surface area contributed by atoms with Gasteiger partial charge in [0.2, 0.25) is 5.82 Å². The Balaban J connectivity index is 1.25. The van der Waals surface area contributed by atoms with Gasteiger partial charge < -0.3 is 14.4 Å². The molecule has 204 valence electrons. The molecule has 1 unspecified atom stereocenters. The van der Waals surface area contributed by atoms with Crippen LogP contribution in [-0.2, 0) is 24.0 Å². The first-order valence-corrected chi connectivity index (χ1v) is 14.2. The molecular weight excluding hydrogens is 502 g/mol. The van der Waals surface area contributed by atoms with Crippen LogP contribution in [0.5, 0.6) is 0 Å². The maximum absolute atomic E-state index is 10.8. The SMILES string of the molecule is CCc1nc2c(C)cc(CCC3(O)CCOC3)nc2n1[C@H]1CCc2cc(-c3ccccc3-c3nn[nH]n3)ccc21. The zero-order valence-electron chi connectivity index (χ0n) is 22.9. The lowest BCUT2D eigenvalue weighted by Gasteiger charge is -2.20. The number of rotatable bonds is 7. The Labute approximate surface area is 232 Å². The third-order valence-corrected chi connectivity index (χ3v) is 8.54. The van der Waals surface area contributed by atoms with Gasteiger partial charge in [-0.1, -0.05) is 49.4 Å². The highest BCUT2D eigenvalue weighted by molar-refractivity contribution is 5.81. The molecule has 9 nitrogen and oxygen atoms in total. The van der Waals surface area contributed by atoms with Crippen LogP contribution in [0.4, 0.5) is 0 Å². The van der Waals surface area contributed by atoms with Crippen LogP contribution in [0.2, 0.25) is 0 Å². The number of hydrogen-bond donors (Lipinski definition) is 2. The summed E-state index contributed by atoms with van der Waals surface area (Å²) < 4.78 is 7.82. The number of pyridine rings is 1. The predicted octanol–water partition coefficient (Wildman–Crippen LogP) is 4.77. The first-order valence-electron chi connectivity index (χ1n) is 14.2. The van der Waals surface area contributed by atoms with E-state index in [2.05, 4.69) is 69.4 Å². The Morgan fingerprint density at radius 1 is 1.12 bits per heavy atom. The first kappa shape index (κ1) is 25.0. The van der Waals surface area contributed by atoms with Gasteiger partial charge >= 0.3 is 0 Å². The molecule has 40 heavy (non-hydrogen) atoms. The van der Waals surface area contributed by atoms with Crippen molar-refractivity contribution in [2.75, 3.05) is 13.2 Å². The Kier molecular flexibility index (Phi) is 6.20. The van der Waals surface area contributed by atoms with E-state index in [0.717, 1.165) is 64.2 Å². The fourth-order valence-corrected chi connectivity index (χ4v) is 6.42. The van der Waals surface area contributed by atoms with Gasteiger partial charge in [0.25, 0.3) is 0 Å². The molecule has 1 fully saturated rings. The fourth-order valence-electron chi connectivity index (χ4n) is 6.42. The number of imidazole rings is 1. The van der Waals surface area contributed by atoms with Gasteiger partial charge in [-0.25, -0.2) is 9.97 Å². The first-order chi connectivity index (χ1) is 19.5. The summed E-state index contributed by atoms with van der Waals surface area (Å²) in [7, 11) is 0. The predicted molar refractivity (Wildman–Crippen MR) is 152 cm³/mol. The van der Waals surface area contributed by atoms with E-state index >= 15 is 0 Å². The number of nitrogens with zero attached hydrogens (tertiary/aromatic N) is 6. The van der Waals surface area contributed by atoms with Crippen LogP contribution < -0.4 is 0 Å². The number of aryl methyl sites for hydroxylation is 4. The number of H-pyrrole nitrogens is 1. The molecule has 2 atom stereocenters. The lowest BCUT2D eigenvalue weighted by Crippen LogP contribution is -2.29. The molecule has 2 aromatic carbocycles. The molecule has 0 bridgehead atoms. The van der Waals surface area contributed by atoms with E-state index in [-0.39, 0.29) is 6.04 Å². The number of ether oxygens (including phenoxy) is 1. The summed E-state index contributed by atoms with van der Waals surface area (Å²) in [5.74, 6) is 1.66. The monoisotopic (exact) mass is 535 g/mol. The summed E-state index contributed by atoms with van der Waals surface area (Å²) in [6.07, 6.45) is 4.89. The zero-order chi connectivity index (χ0) is 27.3. The van der Waals surface area contributed by atoms with Crippen molar-refractivity contribution < 1.29 is 9.84 Å². The molecule has 0 spiro atoms. The van der Waals surface area contributed by atoms with Gasteiger partial charge in [0.15, 0.2) is 5.65 Å². The van der Waals surface area contributed by atoms with Crippen molar-refractivity contribution in [1.29, 1.82) is 0 Å². The van der Waals surface area contributed by atoms with Gasteiger partial charge in [-0.3, -0.25) is 0 Å². The number of aromatic amines is 1. The van der Waals surface area contributed by atoms with E-state index < -0.39 is 5.60 Å². The Morgan fingerprint density at radius 2 is 2.00 bits per heavy atom. The average Bonchev–Trinajstić information content (AvgIpc) is 3.78. The smallest absolute Gasteiger partial charge is 0.205 e. The summed E-state index contributed by atoms with van der Waals surface area (Å²) in [6, 6.07) is 17.3. The normalized spacial score (nSPS) is 20.4. The molecule has 7 rings (SSSR count). The minimum Gasteiger partial charge on any atom is -0.387 e. The molecule has 1 aliphatic heterocycles. The van der Waals surface area contributed by atoms with Crippen molar-refractivity contribution in [3.05, 3.63) is 76.7 Å². The van der Waals surface area contributed by atoms with E-state index in [9.17, 15) is 5.11 Å². The van der Waals surface area contributed by atoms with Crippen LogP contribution in [0, 0.1) is 6.92 Å². The van der Waals surface area contributed by atoms with Gasteiger partial charge in [-0.15, -0.1) is 10.2 Å². The Bertz CT molecular complexity index is 1690. The number of benzene rings is 2. The molecule has 2 aliphatic rings. The highest BCUT2D eigenvalue weighted by Crippen LogP contribution is 2.40. The molecule has 1 saturated heterocycles. The number of nitrogens with one attached hydrogen (secondary N) is 1. The van der Waals surface area contributed by atoms with E-state index in [4.69, 9.17) is 14.7 Å². The summed E-state index contributed by atoms with van der Waals surface area (Å²) in [5, 5.41) is 25.5. The number of tetrazole rings is 1. The van der Waals surface area contributed by atoms with Crippen molar-refractivity contribution >= 4 is 11.2 Å². The maximum atomic E-state index is 10.8. The number of aromatic nitrogens is 7. The molecule has 0 amide bonds. The quantitative estimate of drug-likeness (QED) is 0.309. The summed E-state index contributed by atoms with van der Waals surface area (Å²) >= 11 is 0. The van der Waals surface area contributed by atoms with Crippen LogP contribution >= 0.6 is 0 Å². The zero-order valence-corrected chi connectivity index (χ0v) is 22.9. The van der Waals surface area contributed by atoms with Crippen molar-refractivity contribution in [3.63, 3.8) is 0 Å². The van der Waals surface area contributed by atoms with Gasteiger partial charge in [0, 0.05) is 30.7 Å². The standard InChI is InChI=1S/C31H33N7O2/c1-3-27-33-28-19(2)16-22(12-13-31(39)14-15-40-18-31)32-30(28)38(27)26-11-9-21-17-20(8-10-24(21)26)23-6-4-5-7-25(23)29-34-36-37-35-29/h4-8,10,16-17,26,39H,3,9,11-15,18H2,1-2H3,(H,34,35,36,37)/t26-,31?/m0/s1. The lowest BCUT2D eigenvalue weighted by atomic mass is 9.95.